The minimum atomic E-state index is -2.95. The van der Waals surface area contributed by atoms with Crippen molar-refractivity contribution in [3.63, 3.8) is 0 Å². The fourth-order valence-electron chi connectivity index (χ4n) is 2.40. The summed E-state index contributed by atoms with van der Waals surface area (Å²) in [6.07, 6.45) is 17.3. The molecule has 0 aliphatic heterocycles. The number of hydrogen-bond donors (Lipinski definition) is 0. The van der Waals surface area contributed by atoms with E-state index in [1.165, 1.54) is 56.8 Å². The lowest BCUT2D eigenvalue weighted by Crippen LogP contribution is -2.01. The lowest BCUT2D eigenvalue weighted by Gasteiger charge is -2.02. The second-order valence-electron chi connectivity index (χ2n) is 6.06. The summed E-state index contributed by atoms with van der Waals surface area (Å²) in [4.78, 5) is 0. The van der Waals surface area contributed by atoms with Gasteiger partial charge in [0.15, 0.2) is 9.84 Å². The maximum absolute atomic E-state index is 11.7. The Morgan fingerprint density at radius 1 is 0.667 bits per heavy atom. The van der Waals surface area contributed by atoms with E-state index in [-0.39, 0.29) is 0 Å². The first-order valence-corrected chi connectivity index (χ1v) is 10.7. The molecular weight excluding hydrogens is 280 g/mol. The van der Waals surface area contributed by atoms with Gasteiger partial charge in [-0.25, -0.2) is 8.42 Å². The molecule has 0 rings (SSSR count). The van der Waals surface area contributed by atoms with E-state index < -0.39 is 9.84 Å². The topological polar surface area (TPSA) is 34.1 Å². The number of unbranched alkanes of at least 4 members (excludes halogenated alkanes) is 11. The molecule has 0 bridgehead atoms. The predicted octanol–water partition coefficient (Wildman–Crippen LogP) is 6.03. The Balaban J connectivity index is 3.42. The van der Waals surface area contributed by atoms with Gasteiger partial charge in [-0.05, 0) is 12.8 Å². The SMILES string of the molecule is CCCC/C=C/S(=O)(=O)CCCCCCCCCCCC. The summed E-state index contributed by atoms with van der Waals surface area (Å²) < 4.78 is 23.5. The summed E-state index contributed by atoms with van der Waals surface area (Å²) in [7, 11) is -2.95. The quantitative estimate of drug-likeness (QED) is 0.346. The van der Waals surface area contributed by atoms with Crippen molar-refractivity contribution in [1.82, 2.24) is 0 Å². The van der Waals surface area contributed by atoms with Crippen LogP contribution >= 0.6 is 0 Å². The van der Waals surface area contributed by atoms with Gasteiger partial charge in [-0.2, -0.15) is 0 Å². The van der Waals surface area contributed by atoms with Gasteiger partial charge in [0, 0.05) is 5.41 Å². The second-order valence-corrected chi connectivity index (χ2v) is 8.07. The minimum Gasteiger partial charge on any atom is -0.224 e. The zero-order valence-corrected chi connectivity index (χ0v) is 15.1. The van der Waals surface area contributed by atoms with E-state index in [0.717, 1.165) is 32.1 Å². The van der Waals surface area contributed by atoms with Crippen LogP contribution in [0.25, 0.3) is 0 Å². The van der Waals surface area contributed by atoms with Crippen LogP contribution in [0, 0.1) is 0 Å². The average Bonchev–Trinajstić information content (AvgIpc) is 2.45. The standard InChI is InChI=1S/C18H36O2S/c1-3-5-7-9-10-11-12-13-14-16-18-21(19,20)17-15-8-6-4-2/h15,17H,3-14,16,18H2,1-2H3/b17-15+. The molecule has 0 aromatic rings. The van der Waals surface area contributed by atoms with Crippen LogP contribution in [0.4, 0.5) is 0 Å². The Bertz CT molecular complexity index is 331. The Labute approximate surface area is 133 Å². The Hall–Kier alpha value is -0.310. The van der Waals surface area contributed by atoms with Crippen molar-refractivity contribution in [3.8, 4) is 0 Å². The summed E-state index contributed by atoms with van der Waals surface area (Å²) in [5.41, 5.74) is 0. The summed E-state index contributed by atoms with van der Waals surface area (Å²) in [5.74, 6) is 0.326. The van der Waals surface area contributed by atoms with E-state index in [1.54, 1.807) is 0 Å². The summed E-state index contributed by atoms with van der Waals surface area (Å²) >= 11 is 0. The highest BCUT2D eigenvalue weighted by atomic mass is 32.2. The van der Waals surface area contributed by atoms with E-state index in [9.17, 15) is 8.42 Å². The molecular formula is C18H36O2S. The summed E-state index contributed by atoms with van der Waals surface area (Å²) in [5, 5.41) is 1.43. The minimum absolute atomic E-state index is 0.326. The Morgan fingerprint density at radius 3 is 1.67 bits per heavy atom. The van der Waals surface area contributed by atoms with E-state index in [1.807, 2.05) is 6.08 Å². The Kier molecular flexibility index (Phi) is 14.4. The van der Waals surface area contributed by atoms with Crippen molar-refractivity contribution in [2.24, 2.45) is 0 Å². The van der Waals surface area contributed by atoms with Crippen molar-refractivity contribution in [2.45, 2.75) is 97.3 Å². The fraction of sp³-hybridized carbons (Fsp3) is 0.889. The zero-order chi connectivity index (χ0) is 15.8. The first-order valence-electron chi connectivity index (χ1n) is 9.01. The largest absolute Gasteiger partial charge is 0.224 e. The number of rotatable bonds is 15. The molecule has 0 unspecified atom stereocenters. The number of sulfone groups is 1. The smallest absolute Gasteiger partial charge is 0.171 e. The normalized spacial score (nSPS) is 12.3. The van der Waals surface area contributed by atoms with Crippen molar-refractivity contribution in [3.05, 3.63) is 11.5 Å². The molecule has 0 aromatic carbocycles. The molecule has 0 saturated carbocycles. The van der Waals surface area contributed by atoms with Crippen LogP contribution in [0.1, 0.15) is 97.3 Å². The monoisotopic (exact) mass is 316 g/mol. The van der Waals surface area contributed by atoms with Gasteiger partial charge in [0.2, 0.25) is 0 Å². The van der Waals surface area contributed by atoms with Gasteiger partial charge in [0.25, 0.3) is 0 Å². The molecule has 0 amide bonds. The molecule has 0 spiro atoms. The molecule has 126 valence electrons. The van der Waals surface area contributed by atoms with Crippen LogP contribution in [-0.4, -0.2) is 14.2 Å². The van der Waals surface area contributed by atoms with Crippen LogP contribution in [0.2, 0.25) is 0 Å². The Morgan fingerprint density at radius 2 is 1.14 bits per heavy atom. The van der Waals surface area contributed by atoms with Gasteiger partial charge in [-0.15, -0.1) is 0 Å². The molecule has 2 nitrogen and oxygen atoms in total. The fourth-order valence-corrected chi connectivity index (χ4v) is 3.57. The molecule has 0 aliphatic rings. The van der Waals surface area contributed by atoms with E-state index in [4.69, 9.17) is 0 Å². The maximum Gasteiger partial charge on any atom is 0.171 e. The van der Waals surface area contributed by atoms with Gasteiger partial charge < -0.3 is 0 Å². The van der Waals surface area contributed by atoms with Crippen molar-refractivity contribution < 1.29 is 8.42 Å². The molecule has 0 saturated heterocycles. The van der Waals surface area contributed by atoms with Gasteiger partial charge in [-0.1, -0.05) is 90.6 Å². The molecule has 0 fully saturated rings. The van der Waals surface area contributed by atoms with Gasteiger partial charge in [0.1, 0.15) is 0 Å². The van der Waals surface area contributed by atoms with Crippen LogP contribution in [0.5, 0.6) is 0 Å². The van der Waals surface area contributed by atoms with Gasteiger partial charge in [0.05, 0.1) is 5.75 Å². The lowest BCUT2D eigenvalue weighted by molar-refractivity contribution is 0.559. The van der Waals surface area contributed by atoms with Crippen LogP contribution in [-0.2, 0) is 9.84 Å². The molecule has 0 radical (unpaired) electrons. The molecule has 3 heteroatoms. The highest BCUT2D eigenvalue weighted by Crippen LogP contribution is 2.11. The van der Waals surface area contributed by atoms with Crippen molar-refractivity contribution in [2.75, 3.05) is 5.75 Å². The molecule has 0 aromatic heterocycles. The van der Waals surface area contributed by atoms with Crippen LogP contribution in [0.3, 0.4) is 0 Å². The number of hydrogen-bond acceptors (Lipinski definition) is 2. The third-order valence-corrected chi connectivity index (χ3v) is 5.28. The number of allylic oxidation sites excluding steroid dienone is 1. The maximum atomic E-state index is 11.7. The second kappa shape index (κ2) is 14.6. The third-order valence-electron chi connectivity index (χ3n) is 3.81. The highest BCUT2D eigenvalue weighted by Gasteiger charge is 2.04. The summed E-state index contributed by atoms with van der Waals surface area (Å²) in [6, 6.07) is 0. The highest BCUT2D eigenvalue weighted by molar-refractivity contribution is 7.94. The van der Waals surface area contributed by atoms with Crippen LogP contribution < -0.4 is 0 Å². The average molecular weight is 317 g/mol. The molecule has 0 heterocycles. The van der Waals surface area contributed by atoms with E-state index in [0.29, 0.717) is 5.75 Å². The van der Waals surface area contributed by atoms with Crippen molar-refractivity contribution >= 4 is 9.84 Å². The zero-order valence-electron chi connectivity index (χ0n) is 14.3. The first-order chi connectivity index (χ1) is 10.1. The predicted molar refractivity (Wildman–Crippen MR) is 94.3 cm³/mol. The van der Waals surface area contributed by atoms with Gasteiger partial charge in [-0.3, -0.25) is 0 Å². The molecule has 0 N–H and O–H groups in total. The summed E-state index contributed by atoms with van der Waals surface area (Å²) in [6.45, 7) is 4.36. The molecule has 0 aliphatic carbocycles. The lowest BCUT2D eigenvalue weighted by atomic mass is 10.1. The molecule has 21 heavy (non-hydrogen) atoms. The molecule has 0 atom stereocenters. The van der Waals surface area contributed by atoms with Gasteiger partial charge >= 0.3 is 0 Å². The van der Waals surface area contributed by atoms with E-state index >= 15 is 0 Å². The van der Waals surface area contributed by atoms with E-state index in [2.05, 4.69) is 13.8 Å². The third kappa shape index (κ3) is 15.9. The van der Waals surface area contributed by atoms with Crippen LogP contribution in [0.15, 0.2) is 11.5 Å². The first kappa shape index (κ1) is 20.7. The van der Waals surface area contributed by atoms with Crippen molar-refractivity contribution in [1.29, 1.82) is 0 Å².